The minimum atomic E-state index is -1.07. The number of imide groups is 1. The molecule has 168 valence electrons. The second-order valence-electron chi connectivity index (χ2n) is 9.55. The molecule has 1 aromatic rings. The number of nitrogens with one attached hydrogen (secondary N) is 1. The topological polar surface area (TPSA) is 92.8 Å². The van der Waals surface area contributed by atoms with Gasteiger partial charge in [-0.15, -0.1) is 0 Å². The van der Waals surface area contributed by atoms with Crippen molar-refractivity contribution in [1.29, 1.82) is 0 Å². The first-order valence-corrected chi connectivity index (χ1v) is 11.0. The summed E-state index contributed by atoms with van der Waals surface area (Å²) >= 11 is 0. The standard InChI is InChI=1S/C24H25FN2O5/c1-11(2)21(24(31)32-10-18(28)26-13-5-3-12(25)4-6-13)27-22(29)19-14-7-8-15(17-9-16(14)17)20(19)23(27)30/h3-8,11,14-17,19-21H,9-10H2,1-2H3,(H,26,28)/t14-,15-,16-,17-,19+,20+,21-/m1/s1. The summed E-state index contributed by atoms with van der Waals surface area (Å²) in [6.45, 7) is 2.92. The number of esters is 1. The van der Waals surface area contributed by atoms with E-state index in [9.17, 15) is 23.6 Å². The van der Waals surface area contributed by atoms with E-state index in [0.29, 0.717) is 17.5 Å². The number of halogens is 1. The number of likely N-dealkylation sites (tertiary alicyclic amines) is 1. The number of ether oxygens (including phenoxy) is 1. The van der Waals surface area contributed by atoms with Crippen molar-refractivity contribution in [3.8, 4) is 0 Å². The third kappa shape index (κ3) is 3.24. The van der Waals surface area contributed by atoms with Gasteiger partial charge in [-0.05, 0) is 60.3 Å². The van der Waals surface area contributed by atoms with Gasteiger partial charge in [-0.2, -0.15) is 0 Å². The molecule has 32 heavy (non-hydrogen) atoms. The monoisotopic (exact) mass is 440 g/mol. The first-order valence-electron chi connectivity index (χ1n) is 11.0. The van der Waals surface area contributed by atoms with Gasteiger partial charge in [-0.3, -0.25) is 19.3 Å². The Morgan fingerprint density at radius 2 is 1.62 bits per heavy atom. The molecule has 1 N–H and O–H groups in total. The number of carbonyl (C=O) groups excluding carboxylic acids is 4. The van der Waals surface area contributed by atoms with E-state index in [1.165, 1.54) is 24.3 Å². The van der Waals surface area contributed by atoms with E-state index in [0.717, 1.165) is 11.3 Å². The van der Waals surface area contributed by atoms with Gasteiger partial charge >= 0.3 is 5.97 Å². The Labute approximate surface area is 185 Å². The number of hydrogen-bond acceptors (Lipinski definition) is 5. The highest BCUT2D eigenvalue weighted by molar-refractivity contribution is 6.09. The lowest BCUT2D eigenvalue weighted by Gasteiger charge is -2.37. The van der Waals surface area contributed by atoms with Gasteiger partial charge in [0.25, 0.3) is 5.91 Å². The maximum absolute atomic E-state index is 13.3. The predicted molar refractivity (Wildman–Crippen MR) is 111 cm³/mol. The molecule has 1 aliphatic heterocycles. The normalized spacial score (nSPS) is 32.6. The van der Waals surface area contributed by atoms with Crippen LogP contribution in [0.3, 0.4) is 0 Å². The van der Waals surface area contributed by atoms with Crippen LogP contribution in [0.15, 0.2) is 36.4 Å². The lowest BCUT2D eigenvalue weighted by Crippen LogP contribution is -2.49. The third-order valence-corrected chi connectivity index (χ3v) is 7.32. The fraction of sp³-hybridized carbons (Fsp3) is 0.500. The van der Waals surface area contributed by atoms with Crippen molar-refractivity contribution < 1.29 is 28.3 Å². The van der Waals surface area contributed by atoms with Crippen molar-refractivity contribution in [2.75, 3.05) is 11.9 Å². The zero-order valence-electron chi connectivity index (χ0n) is 17.9. The zero-order chi connectivity index (χ0) is 22.7. The fourth-order valence-corrected chi connectivity index (χ4v) is 5.88. The number of carbonyl (C=O) groups is 4. The van der Waals surface area contributed by atoms with Crippen molar-refractivity contribution in [3.05, 3.63) is 42.2 Å². The van der Waals surface area contributed by atoms with Crippen molar-refractivity contribution in [2.45, 2.75) is 26.3 Å². The Balaban J connectivity index is 1.27. The number of hydrogen-bond donors (Lipinski definition) is 1. The molecule has 0 spiro atoms. The lowest BCUT2D eigenvalue weighted by molar-refractivity contribution is -0.162. The molecule has 7 atom stereocenters. The summed E-state index contributed by atoms with van der Waals surface area (Å²) in [6.07, 6.45) is 5.23. The highest BCUT2D eigenvalue weighted by atomic mass is 19.1. The molecule has 2 saturated carbocycles. The Morgan fingerprint density at radius 1 is 1.06 bits per heavy atom. The summed E-state index contributed by atoms with van der Waals surface area (Å²) in [6, 6.07) is 4.11. The Morgan fingerprint density at radius 3 is 2.16 bits per heavy atom. The molecule has 1 aromatic carbocycles. The highest BCUT2D eigenvalue weighted by Crippen LogP contribution is 2.65. The van der Waals surface area contributed by atoms with Crippen LogP contribution >= 0.6 is 0 Å². The second kappa shape index (κ2) is 7.53. The van der Waals surface area contributed by atoms with Gasteiger partial charge in [-0.25, -0.2) is 9.18 Å². The average molecular weight is 440 g/mol. The van der Waals surface area contributed by atoms with Crippen LogP contribution in [0.4, 0.5) is 10.1 Å². The smallest absolute Gasteiger partial charge is 0.330 e. The summed E-state index contributed by atoms with van der Waals surface area (Å²) in [5, 5.41) is 2.51. The van der Waals surface area contributed by atoms with Crippen LogP contribution in [0, 0.1) is 47.2 Å². The number of anilines is 1. The third-order valence-electron chi connectivity index (χ3n) is 7.32. The Bertz CT molecular complexity index is 984. The number of amides is 3. The molecule has 5 aliphatic rings. The molecule has 1 saturated heterocycles. The van der Waals surface area contributed by atoms with E-state index in [4.69, 9.17) is 4.74 Å². The van der Waals surface area contributed by atoms with Gasteiger partial charge < -0.3 is 10.1 Å². The zero-order valence-corrected chi connectivity index (χ0v) is 17.9. The molecule has 1 heterocycles. The fourth-order valence-electron chi connectivity index (χ4n) is 5.88. The van der Waals surface area contributed by atoms with Crippen LogP contribution in [0.1, 0.15) is 20.3 Å². The van der Waals surface area contributed by atoms with Crippen molar-refractivity contribution in [1.82, 2.24) is 4.90 Å². The van der Waals surface area contributed by atoms with Crippen molar-refractivity contribution in [2.24, 2.45) is 41.4 Å². The van der Waals surface area contributed by atoms with Gasteiger partial charge in [-0.1, -0.05) is 26.0 Å². The molecule has 3 amide bonds. The van der Waals surface area contributed by atoms with E-state index < -0.39 is 42.2 Å². The van der Waals surface area contributed by atoms with Gasteiger partial charge in [0, 0.05) is 5.69 Å². The average Bonchev–Trinajstić information content (AvgIpc) is 3.54. The van der Waals surface area contributed by atoms with Crippen LogP contribution in [0.5, 0.6) is 0 Å². The summed E-state index contributed by atoms with van der Waals surface area (Å²) in [7, 11) is 0. The van der Waals surface area contributed by atoms with Crippen molar-refractivity contribution >= 4 is 29.4 Å². The first kappa shape index (κ1) is 20.8. The molecule has 0 unspecified atom stereocenters. The molecule has 3 fully saturated rings. The Kier molecular flexibility index (Phi) is 4.91. The first-order chi connectivity index (χ1) is 15.3. The van der Waals surface area contributed by atoms with E-state index in [1.54, 1.807) is 13.8 Å². The van der Waals surface area contributed by atoms with Gasteiger partial charge in [0.1, 0.15) is 11.9 Å². The van der Waals surface area contributed by atoms with Crippen LogP contribution in [-0.2, 0) is 23.9 Å². The summed E-state index contributed by atoms with van der Waals surface area (Å²) in [5.41, 5.74) is 0.364. The molecule has 6 rings (SSSR count). The molecule has 4 aliphatic carbocycles. The molecule has 2 bridgehead atoms. The van der Waals surface area contributed by atoms with E-state index in [2.05, 4.69) is 17.5 Å². The van der Waals surface area contributed by atoms with Crippen LogP contribution in [0.25, 0.3) is 0 Å². The van der Waals surface area contributed by atoms with Gasteiger partial charge in [0.05, 0.1) is 11.8 Å². The molecular formula is C24H25FN2O5. The van der Waals surface area contributed by atoms with E-state index >= 15 is 0 Å². The molecule has 0 aromatic heterocycles. The SMILES string of the molecule is CC(C)[C@H](C(=O)OCC(=O)Nc1ccc(F)cc1)N1C(=O)[C@H]2[C@@H]3C=C[C@H]([C@H]4C[C@H]34)[C@@H]2C1=O. The van der Waals surface area contributed by atoms with Gasteiger partial charge in [0.2, 0.25) is 11.8 Å². The van der Waals surface area contributed by atoms with E-state index in [-0.39, 0.29) is 29.6 Å². The molecule has 7 nitrogen and oxygen atoms in total. The highest BCUT2D eigenvalue weighted by Gasteiger charge is 2.68. The number of benzene rings is 1. The van der Waals surface area contributed by atoms with Crippen LogP contribution in [-0.4, -0.2) is 41.2 Å². The predicted octanol–water partition coefficient (Wildman–Crippen LogP) is 2.39. The van der Waals surface area contributed by atoms with Crippen molar-refractivity contribution in [3.63, 3.8) is 0 Å². The Hall–Kier alpha value is -3.03. The van der Waals surface area contributed by atoms with Crippen LogP contribution < -0.4 is 5.32 Å². The quantitative estimate of drug-likeness (QED) is 0.417. The molecule has 8 heteroatoms. The maximum atomic E-state index is 13.3. The minimum Gasteiger partial charge on any atom is -0.454 e. The van der Waals surface area contributed by atoms with E-state index in [1.807, 2.05) is 0 Å². The summed E-state index contributed by atoms with van der Waals surface area (Å²) < 4.78 is 18.2. The number of rotatable bonds is 6. The number of nitrogens with zero attached hydrogens (tertiary/aromatic N) is 1. The lowest BCUT2D eigenvalue weighted by atomic mass is 9.63. The molecule has 0 radical (unpaired) electrons. The largest absolute Gasteiger partial charge is 0.454 e. The molecular weight excluding hydrogens is 415 g/mol. The summed E-state index contributed by atoms with van der Waals surface area (Å²) in [5.74, 6) is -2.45. The second-order valence-corrected chi connectivity index (χ2v) is 9.55. The van der Waals surface area contributed by atoms with Gasteiger partial charge in [0.15, 0.2) is 6.61 Å². The van der Waals surface area contributed by atoms with Crippen LogP contribution in [0.2, 0.25) is 0 Å². The number of allylic oxidation sites excluding steroid dienone is 2. The summed E-state index contributed by atoms with van der Waals surface area (Å²) in [4.78, 5) is 52.8. The maximum Gasteiger partial charge on any atom is 0.330 e. The minimum absolute atomic E-state index is 0.0711.